The van der Waals surface area contributed by atoms with Gasteiger partial charge in [-0.2, -0.15) is 0 Å². The van der Waals surface area contributed by atoms with Crippen LogP contribution in [0.5, 0.6) is 11.5 Å². The van der Waals surface area contributed by atoms with E-state index in [1.807, 2.05) is 19.1 Å². The number of ether oxygens (including phenoxy) is 2. The maximum Gasteiger partial charge on any atom is 0.180 e. The van der Waals surface area contributed by atoms with Crippen LogP contribution in [-0.2, 0) is 13.2 Å². The summed E-state index contributed by atoms with van der Waals surface area (Å²) in [6.45, 7) is 11.8. The van der Waals surface area contributed by atoms with E-state index >= 15 is 0 Å². The van der Waals surface area contributed by atoms with Crippen LogP contribution in [0.2, 0.25) is 5.02 Å². The number of nitrogens with zero attached hydrogens (tertiary/aromatic N) is 1. The number of likely N-dealkylation sites (N-methyl/N-ethyl adjacent to an activating group) is 1. The molecule has 0 spiro atoms. The van der Waals surface area contributed by atoms with Gasteiger partial charge in [0.05, 0.1) is 11.6 Å². The molecule has 0 saturated heterocycles. The lowest BCUT2D eigenvalue weighted by Crippen LogP contribution is -2.31. The van der Waals surface area contributed by atoms with E-state index in [1.54, 1.807) is 12.1 Å². The predicted octanol–water partition coefficient (Wildman–Crippen LogP) is 5.73. The second kappa shape index (κ2) is 15.5. The van der Waals surface area contributed by atoms with Crippen molar-refractivity contribution in [3.63, 3.8) is 0 Å². The molecular weight excluding hydrogens is 450 g/mol. The van der Waals surface area contributed by atoms with Crippen molar-refractivity contribution in [3.8, 4) is 11.5 Å². The molecule has 0 heterocycles. The summed E-state index contributed by atoms with van der Waals surface area (Å²) in [5.41, 5.74) is 1.91. The summed E-state index contributed by atoms with van der Waals surface area (Å²) in [5.74, 6) is 0.868. The minimum Gasteiger partial charge on any atom is -0.490 e. The van der Waals surface area contributed by atoms with Crippen LogP contribution in [0.4, 0.5) is 4.39 Å². The van der Waals surface area contributed by atoms with E-state index in [0.29, 0.717) is 36.3 Å². The van der Waals surface area contributed by atoms with Gasteiger partial charge in [0.1, 0.15) is 12.4 Å². The molecule has 0 fully saturated rings. The molecule has 0 bridgehead atoms. The molecule has 0 unspecified atom stereocenters. The normalized spacial score (nSPS) is 10.3. The Bertz CT molecular complexity index is 729. The van der Waals surface area contributed by atoms with Crippen molar-refractivity contribution in [2.24, 2.45) is 0 Å². The highest BCUT2D eigenvalue weighted by atomic mass is 35.5. The first-order valence-corrected chi connectivity index (χ1v) is 10.2. The summed E-state index contributed by atoms with van der Waals surface area (Å²) >= 11 is 6.47. The van der Waals surface area contributed by atoms with Gasteiger partial charge in [-0.25, -0.2) is 4.39 Å². The maximum atomic E-state index is 13.0. The molecule has 0 amide bonds. The molecule has 0 aliphatic heterocycles. The number of hydrogen-bond acceptors (Lipinski definition) is 4. The van der Waals surface area contributed by atoms with Gasteiger partial charge in [-0.1, -0.05) is 37.6 Å². The molecule has 0 aliphatic carbocycles. The van der Waals surface area contributed by atoms with Crippen molar-refractivity contribution in [1.29, 1.82) is 0 Å². The fourth-order valence-electron chi connectivity index (χ4n) is 2.87. The van der Waals surface area contributed by atoms with E-state index in [9.17, 15) is 4.39 Å². The first-order valence-electron chi connectivity index (χ1n) is 9.82. The fourth-order valence-corrected chi connectivity index (χ4v) is 3.16. The third-order valence-corrected chi connectivity index (χ3v) is 4.77. The van der Waals surface area contributed by atoms with E-state index in [-0.39, 0.29) is 30.6 Å². The molecule has 30 heavy (non-hydrogen) atoms. The van der Waals surface area contributed by atoms with Crippen LogP contribution in [0.25, 0.3) is 0 Å². The third-order valence-electron chi connectivity index (χ3n) is 4.49. The zero-order valence-corrected chi connectivity index (χ0v) is 20.1. The Morgan fingerprint density at radius 1 is 0.967 bits per heavy atom. The Morgan fingerprint density at radius 2 is 1.63 bits per heavy atom. The van der Waals surface area contributed by atoms with Gasteiger partial charge < -0.3 is 19.7 Å². The summed E-state index contributed by atoms with van der Waals surface area (Å²) < 4.78 is 24.7. The lowest BCUT2D eigenvalue weighted by atomic mass is 10.2. The standard InChI is InChI=1S/C22H30ClFN2O2.2ClH/c1-4-26(5-2)12-11-25-15-18-13-20(23)22(21(14-18)27-6-3)28-16-17-7-9-19(24)10-8-17;;/h7-10,13-14,25H,4-6,11-12,15-16H2,1-3H3;2*1H. The molecule has 0 atom stereocenters. The number of rotatable bonds is 12. The highest BCUT2D eigenvalue weighted by molar-refractivity contribution is 6.32. The van der Waals surface area contributed by atoms with Gasteiger partial charge in [0, 0.05) is 19.6 Å². The average molecular weight is 482 g/mol. The van der Waals surface area contributed by atoms with Crippen LogP contribution in [0.1, 0.15) is 31.9 Å². The molecule has 2 aromatic carbocycles. The van der Waals surface area contributed by atoms with Crippen LogP contribution in [0, 0.1) is 5.82 Å². The van der Waals surface area contributed by atoms with Crippen LogP contribution in [0.15, 0.2) is 36.4 Å². The van der Waals surface area contributed by atoms with Gasteiger partial charge >= 0.3 is 0 Å². The van der Waals surface area contributed by atoms with Gasteiger partial charge in [0.2, 0.25) is 0 Å². The molecule has 4 nitrogen and oxygen atoms in total. The molecular formula is C22H32Cl3FN2O2. The highest BCUT2D eigenvalue weighted by Gasteiger charge is 2.13. The Kier molecular flexibility index (Phi) is 14.9. The number of benzene rings is 2. The monoisotopic (exact) mass is 480 g/mol. The van der Waals surface area contributed by atoms with E-state index in [0.717, 1.165) is 37.3 Å². The van der Waals surface area contributed by atoms with Gasteiger partial charge in [-0.3, -0.25) is 0 Å². The summed E-state index contributed by atoms with van der Waals surface area (Å²) in [5, 5.41) is 3.96. The number of nitrogens with one attached hydrogen (secondary N) is 1. The van der Waals surface area contributed by atoms with Crippen molar-refractivity contribution in [2.75, 3.05) is 32.8 Å². The van der Waals surface area contributed by atoms with Crippen molar-refractivity contribution in [2.45, 2.75) is 33.9 Å². The van der Waals surface area contributed by atoms with Gasteiger partial charge in [-0.05, 0) is 55.4 Å². The highest BCUT2D eigenvalue weighted by Crippen LogP contribution is 2.37. The zero-order valence-electron chi connectivity index (χ0n) is 17.7. The summed E-state index contributed by atoms with van der Waals surface area (Å²) in [4.78, 5) is 2.37. The molecule has 1 N–H and O–H groups in total. The van der Waals surface area contributed by atoms with Gasteiger partial charge in [-0.15, -0.1) is 24.8 Å². The van der Waals surface area contributed by atoms with Crippen molar-refractivity contribution in [1.82, 2.24) is 10.2 Å². The number of hydrogen-bond donors (Lipinski definition) is 1. The van der Waals surface area contributed by atoms with Gasteiger partial charge in [0.15, 0.2) is 11.5 Å². The summed E-state index contributed by atoms with van der Waals surface area (Å²) in [7, 11) is 0. The second-order valence-corrected chi connectivity index (χ2v) is 6.86. The molecule has 8 heteroatoms. The van der Waals surface area contributed by atoms with Crippen LogP contribution in [0.3, 0.4) is 0 Å². The first kappa shape index (κ1) is 28.8. The largest absolute Gasteiger partial charge is 0.490 e. The average Bonchev–Trinajstić information content (AvgIpc) is 2.69. The molecule has 2 rings (SSSR count). The van der Waals surface area contributed by atoms with Crippen LogP contribution < -0.4 is 14.8 Å². The SMILES string of the molecule is CCOc1cc(CNCCN(CC)CC)cc(Cl)c1OCc1ccc(F)cc1.Cl.Cl. The van der Waals surface area contributed by atoms with Crippen LogP contribution in [-0.4, -0.2) is 37.7 Å². The van der Waals surface area contributed by atoms with Gasteiger partial charge in [0.25, 0.3) is 0 Å². The molecule has 170 valence electrons. The summed E-state index contributed by atoms with van der Waals surface area (Å²) in [6, 6.07) is 10.1. The van der Waals surface area contributed by atoms with Crippen molar-refractivity contribution in [3.05, 3.63) is 58.4 Å². The lowest BCUT2D eigenvalue weighted by Gasteiger charge is -2.18. The second-order valence-electron chi connectivity index (χ2n) is 6.46. The smallest absolute Gasteiger partial charge is 0.180 e. The number of halogens is 4. The zero-order chi connectivity index (χ0) is 20.4. The van der Waals surface area contributed by atoms with E-state index in [1.165, 1.54) is 12.1 Å². The minimum absolute atomic E-state index is 0. The molecule has 2 aromatic rings. The molecule has 0 aromatic heterocycles. The minimum atomic E-state index is -0.269. The topological polar surface area (TPSA) is 33.7 Å². The lowest BCUT2D eigenvalue weighted by molar-refractivity contribution is 0.269. The quantitative estimate of drug-likeness (QED) is 0.392. The summed E-state index contributed by atoms with van der Waals surface area (Å²) in [6.07, 6.45) is 0. The molecule has 0 saturated carbocycles. The van der Waals surface area contributed by atoms with Crippen LogP contribution >= 0.6 is 36.4 Å². The maximum absolute atomic E-state index is 13.0. The Balaban J connectivity index is 0.00000420. The Morgan fingerprint density at radius 3 is 2.23 bits per heavy atom. The third kappa shape index (κ3) is 9.27. The van der Waals surface area contributed by atoms with E-state index in [2.05, 4.69) is 24.1 Å². The van der Waals surface area contributed by atoms with Crippen molar-refractivity contribution >= 4 is 36.4 Å². The Labute approximate surface area is 196 Å². The Hall–Kier alpha value is -1.24. The fraction of sp³-hybridized carbons (Fsp3) is 0.455. The molecule has 0 aliphatic rings. The molecule has 0 radical (unpaired) electrons. The first-order chi connectivity index (χ1) is 13.6. The predicted molar refractivity (Wildman–Crippen MR) is 127 cm³/mol. The van der Waals surface area contributed by atoms with E-state index in [4.69, 9.17) is 21.1 Å². The van der Waals surface area contributed by atoms with E-state index < -0.39 is 0 Å². The van der Waals surface area contributed by atoms with Crippen molar-refractivity contribution < 1.29 is 13.9 Å².